The highest BCUT2D eigenvalue weighted by molar-refractivity contribution is 5.73. The summed E-state index contributed by atoms with van der Waals surface area (Å²) in [6.45, 7) is -1.64. The van der Waals surface area contributed by atoms with E-state index in [1.54, 1.807) is 0 Å². The number of ether oxygens (including phenoxy) is 5. The molecule has 0 radical (unpaired) electrons. The molecule has 0 spiro atoms. The maximum atomic E-state index is 11.6. The molecule has 0 aliphatic carbocycles. The van der Waals surface area contributed by atoms with Crippen LogP contribution in [-0.2, 0) is 33.3 Å². The van der Waals surface area contributed by atoms with Crippen LogP contribution < -0.4 is 11.2 Å². The average molecular weight is 651 g/mol. The average Bonchev–Trinajstić information content (AvgIpc) is 2.98. The SMILES string of the molecule is CC(=O)N[C@H]1[C@H]([C@H](O)[C@H](O)CO)O[C@](O)(COC(ON)[C@H]2O[C@@H](O[C@H]3[C@H](O)[C@@H](O)[C@@H](O)O[C@@H]3CO)[C@H](O)[C@@H](O)[C@H]2O)C[C@@H]1O. The summed E-state index contributed by atoms with van der Waals surface area (Å²) in [6, 6.07) is -1.36. The second-order valence-corrected chi connectivity index (χ2v) is 10.9. The Kier molecular flexibility index (Phi) is 13.1. The quantitative estimate of drug-likeness (QED) is 0.0688. The van der Waals surface area contributed by atoms with E-state index in [4.69, 9.17) is 34.4 Å². The van der Waals surface area contributed by atoms with E-state index in [0.29, 0.717) is 0 Å². The number of carbonyl (C=O) groups is 1. The molecule has 21 nitrogen and oxygen atoms in total. The summed E-state index contributed by atoms with van der Waals surface area (Å²) in [4.78, 5) is 16.3. The van der Waals surface area contributed by atoms with Crippen molar-refractivity contribution in [2.75, 3.05) is 19.8 Å². The van der Waals surface area contributed by atoms with Gasteiger partial charge in [-0.25, -0.2) is 5.90 Å². The van der Waals surface area contributed by atoms with E-state index in [-0.39, 0.29) is 0 Å². The van der Waals surface area contributed by atoms with Crippen LogP contribution >= 0.6 is 0 Å². The molecule has 3 aliphatic heterocycles. The number of aliphatic hydroxyl groups is 12. The van der Waals surface area contributed by atoms with Crippen molar-refractivity contribution in [3.63, 3.8) is 0 Å². The van der Waals surface area contributed by atoms with Crippen molar-refractivity contribution in [3.05, 3.63) is 0 Å². The van der Waals surface area contributed by atoms with Crippen LogP contribution in [0.4, 0.5) is 0 Å². The lowest BCUT2D eigenvalue weighted by Gasteiger charge is -2.47. The van der Waals surface area contributed by atoms with Crippen LogP contribution in [0.15, 0.2) is 0 Å². The number of hydrogen-bond donors (Lipinski definition) is 14. The van der Waals surface area contributed by atoms with E-state index in [1.807, 2.05) is 0 Å². The molecule has 3 heterocycles. The molecule has 0 aromatic heterocycles. The predicted molar refractivity (Wildman–Crippen MR) is 134 cm³/mol. The van der Waals surface area contributed by atoms with Crippen LogP contribution in [0.2, 0.25) is 0 Å². The van der Waals surface area contributed by atoms with E-state index in [0.717, 1.165) is 6.92 Å². The minimum absolute atomic E-state index is 0.657. The number of aliphatic hydroxyl groups excluding tert-OH is 11. The molecule has 3 fully saturated rings. The second-order valence-electron chi connectivity index (χ2n) is 10.9. The van der Waals surface area contributed by atoms with Crippen molar-refractivity contribution >= 4 is 5.91 Å². The molecule has 258 valence electrons. The molecule has 3 saturated heterocycles. The van der Waals surface area contributed by atoms with Crippen LogP contribution in [0, 0.1) is 0 Å². The Morgan fingerprint density at radius 1 is 0.977 bits per heavy atom. The normalized spacial score (nSPS) is 45.4. The van der Waals surface area contributed by atoms with Crippen molar-refractivity contribution in [1.29, 1.82) is 0 Å². The Morgan fingerprint density at radius 2 is 1.64 bits per heavy atom. The van der Waals surface area contributed by atoms with Gasteiger partial charge in [-0.05, 0) is 0 Å². The van der Waals surface area contributed by atoms with Gasteiger partial charge in [0.25, 0.3) is 0 Å². The number of carbonyl (C=O) groups excluding carboxylic acids is 1. The Hall–Kier alpha value is -1.29. The molecular formula is C23H42N2O19. The largest absolute Gasteiger partial charge is 0.394 e. The molecule has 0 bridgehead atoms. The van der Waals surface area contributed by atoms with Gasteiger partial charge < -0.3 is 90.3 Å². The third-order valence-corrected chi connectivity index (χ3v) is 7.55. The fraction of sp³-hybridized carbons (Fsp3) is 0.957. The smallest absolute Gasteiger partial charge is 0.217 e. The maximum Gasteiger partial charge on any atom is 0.217 e. The Morgan fingerprint density at radius 3 is 2.20 bits per heavy atom. The van der Waals surface area contributed by atoms with Gasteiger partial charge in [-0.1, -0.05) is 0 Å². The fourth-order valence-electron chi connectivity index (χ4n) is 5.19. The number of rotatable bonds is 12. The van der Waals surface area contributed by atoms with Crippen LogP contribution in [-0.4, -0.2) is 191 Å². The lowest BCUT2D eigenvalue weighted by atomic mass is 9.89. The number of nitrogens with two attached hydrogens (primary N) is 1. The van der Waals surface area contributed by atoms with Crippen molar-refractivity contribution in [1.82, 2.24) is 5.32 Å². The highest BCUT2D eigenvalue weighted by Crippen LogP contribution is 2.33. The lowest BCUT2D eigenvalue weighted by Crippen LogP contribution is -2.67. The lowest BCUT2D eigenvalue weighted by molar-refractivity contribution is -0.381. The summed E-state index contributed by atoms with van der Waals surface area (Å²) < 4.78 is 26.8. The van der Waals surface area contributed by atoms with Crippen molar-refractivity contribution < 1.29 is 94.6 Å². The van der Waals surface area contributed by atoms with E-state index >= 15 is 0 Å². The third kappa shape index (κ3) is 8.16. The first-order chi connectivity index (χ1) is 20.6. The summed E-state index contributed by atoms with van der Waals surface area (Å²) in [6.07, 6.45) is -28.2. The summed E-state index contributed by atoms with van der Waals surface area (Å²) in [5.74, 6) is 2.15. The van der Waals surface area contributed by atoms with Crippen molar-refractivity contribution in [2.24, 2.45) is 5.90 Å². The molecule has 1 amide bonds. The van der Waals surface area contributed by atoms with Crippen molar-refractivity contribution in [3.8, 4) is 0 Å². The second kappa shape index (κ2) is 15.5. The Bertz CT molecular complexity index is 921. The molecule has 21 heteroatoms. The molecule has 15 N–H and O–H groups in total. The molecule has 0 aromatic carbocycles. The van der Waals surface area contributed by atoms with Crippen LogP contribution in [0.5, 0.6) is 0 Å². The minimum Gasteiger partial charge on any atom is -0.394 e. The summed E-state index contributed by atoms with van der Waals surface area (Å²) >= 11 is 0. The molecule has 44 heavy (non-hydrogen) atoms. The van der Waals surface area contributed by atoms with Gasteiger partial charge in [0.2, 0.25) is 12.2 Å². The monoisotopic (exact) mass is 650 g/mol. The van der Waals surface area contributed by atoms with Gasteiger partial charge in [0.05, 0.1) is 25.4 Å². The first-order valence-corrected chi connectivity index (χ1v) is 13.5. The number of amides is 1. The Labute approximate surface area is 249 Å². The van der Waals surface area contributed by atoms with Crippen LogP contribution in [0.3, 0.4) is 0 Å². The Balaban J connectivity index is 1.76. The molecule has 1 unspecified atom stereocenters. The number of hydrogen-bond acceptors (Lipinski definition) is 20. The molecular weight excluding hydrogens is 608 g/mol. The zero-order chi connectivity index (χ0) is 33.1. The molecule has 3 rings (SSSR count). The van der Waals surface area contributed by atoms with Crippen LogP contribution in [0.1, 0.15) is 13.3 Å². The first kappa shape index (κ1) is 37.2. The predicted octanol–water partition coefficient (Wildman–Crippen LogP) is -9.10. The first-order valence-electron chi connectivity index (χ1n) is 13.5. The van der Waals surface area contributed by atoms with Gasteiger partial charge in [-0.15, -0.1) is 0 Å². The summed E-state index contributed by atoms with van der Waals surface area (Å²) in [7, 11) is 0. The maximum absolute atomic E-state index is 11.6. The van der Waals surface area contributed by atoms with Gasteiger partial charge >= 0.3 is 0 Å². The molecule has 17 atom stereocenters. The van der Waals surface area contributed by atoms with Crippen LogP contribution in [0.25, 0.3) is 0 Å². The topological polar surface area (TPSA) is 353 Å². The van der Waals surface area contributed by atoms with E-state index in [9.17, 15) is 66.1 Å². The molecule has 3 aliphatic rings. The minimum atomic E-state index is -2.49. The molecule has 0 aromatic rings. The van der Waals surface area contributed by atoms with E-state index in [2.05, 4.69) is 5.32 Å². The fourth-order valence-corrected chi connectivity index (χ4v) is 5.19. The van der Waals surface area contributed by atoms with Gasteiger partial charge in [0.15, 0.2) is 18.4 Å². The van der Waals surface area contributed by atoms with Crippen molar-refractivity contribution in [2.45, 2.75) is 117 Å². The highest BCUT2D eigenvalue weighted by atomic mass is 16.8. The van der Waals surface area contributed by atoms with E-state index < -0.39 is 136 Å². The highest BCUT2D eigenvalue weighted by Gasteiger charge is 2.54. The molecule has 0 saturated carbocycles. The summed E-state index contributed by atoms with van der Waals surface area (Å²) in [5, 5.41) is 125. The van der Waals surface area contributed by atoms with Gasteiger partial charge in [-0.3, -0.25) is 9.63 Å². The summed E-state index contributed by atoms with van der Waals surface area (Å²) in [5.41, 5.74) is 0. The van der Waals surface area contributed by atoms with Gasteiger partial charge in [0.1, 0.15) is 73.8 Å². The zero-order valence-corrected chi connectivity index (χ0v) is 23.4. The standard InChI is InChI=1S/C23H42N2O19/c1-6(28)25-10-7(29)2-23(38,43-18(10)11(31)8(30)3-26)5-39-22(44-24)19-13(33)12(32)16(36)21(42-19)41-17-9(4-27)40-20(37)15(35)14(17)34/h7-22,26-27,29-38H,2-5,24H2,1H3,(H,25,28)/t7-,8+,9+,10+,11+,12-,13+,14+,15+,16+,17+,18+,19-,20-,21+,22?,23-/m0/s1. The third-order valence-electron chi connectivity index (χ3n) is 7.55. The number of nitrogens with one attached hydrogen (secondary N) is 1. The van der Waals surface area contributed by atoms with Gasteiger partial charge in [0, 0.05) is 13.3 Å². The van der Waals surface area contributed by atoms with Gasteiger partial charge in [-0.2, -0.15) is 0 Å². The van der Waals surface area contributed by atoms with E-state index in [1.165, 1.54) is 0 Å². The zero-order valence-electron chi connectivity index (χ0n) is 23.4.